The first-order valence-electron chi connectivity index (χ1n) is 55.8. The van der Waals surface area contributed by atoms with Crippen LogP contribution in [0.2, 0.25) is 0 Å². The Balaban J connectivity index is 0.000000288. The molecular weight excluding hydrogens is 1810 g/mol. The highest BCUT2D eigenvalue weighted by molar-refractivity contribution is 8.00. The topological polar surface area (TPSA) is 86.9 Å². The van der Waals surface area contributed by atoms with E-state index in [4.69, 9.17) is 0 Å². The predicted molar refractivity (Wildman–Crippen MR) is 627 cm³/mol. The smallest absolute Gasteiger partial charge is 0.159 e. The van der Waals surface area contributed by atoms with Crippen LogP contribution < -0.4 is 19.6 Å². The molecule has 19 heteroatoms. The highest BCUT2D eigenvalue weighted by Crippen LogP contribution is 2.33. The van der Waals surface area contributed by atoms with E-state index in [0.29, 0.717) is 48.3 Å². The summed E-state index contributed by atoms with van der Waals surface area (Å²) in [6, 6.07) is 60.7. The summed E-state index contributed by atoms with van der Waals surface area (Å²) in [5.41, 5.74) is 18.8. The van der Waals surface area contributed by atoms with Gasteiger partial charge in [0.05, 0.1) is 21.9 Å². The van der Waals surface area contributed by atoms with Crippen molar-refractivity contribution in [2.24, 2.45) is 46.8 Å². The van der Waals surface area contributed by atoms with Crippen LogP contribution >= 0.6 is 11.8 Å². The van der Waals surface area contributed by atoms with Gasteiger partial charge in [0.15, 0.2) is 9.84 Å². The van der Waals surface area contributed by atoms with E-state index in [0.717, 1.165) is 162 Å². The molecule has 7 saturated heterocycles. The van der Waals surface area contributed by atoms with E-state index in [1.807, 2.05) is 32.0 Å². The zero-order chi connectivity index (χ0) is 104. The molecule has 6 atom stereocenters. The van der Waals surface area contributed by atoms with Crippen molar-refractivity contribution in [3.8, 4) is 0 Å². The van der Waals surface area contributed by atoms with Crippen molar-refractivity contribution in [2.75, 3.05) is 214 Å². The van der Waals surface area contributed by atoms with E-state index in [-0.39, 0.29) is 30.5 Å². The Bertz CT molecular complexity index is 4610. The number of anilines is 4. The molecule has 0 bridgehead atoms. The second-order valence-corrected chi connectivity index (χ2v) is 50.1. The van der Waals surface area contributed by atoms with Gasteiger partial charge in [-0.05, 0) is 262 Å². The maximum atomic E-state index is 14.2. The third-order valence-electron chi connectivity index (χ3n) is 28.4. The maximum absolute atomic E-state index is 14.2. The normalized spacial score (nSPS) is 20.1. The van der Waals surface area contributed by atoms with Gasteiger partial charge in [-0.15, -0.1) is 0 Å². The lowest BCUT2D eigenvalue weighted by atomic mass is 9.94. The van der Waals surface area contributed by atoms with Gasteiger partial charge in [-0.1, -0.05) is 309 Å². The Morgan fingerprint density at radius 1 is 0.373 bits per heavy atom. The van der Waals surface area contributed by atoms with Gasteiger partial charge in [0.1, 0.15) is 5.82 Å². The summed E-state index contributed by atoms with van der Waals surface area (Å²) in [5, 5.41) is 0.620. The molecule has 0 N–H and O–H groups in total. The Morgan fingerprint density at radius 3 is 1.17 bits per heavy atom. The van der Waals surface area contributed by atoms with Crippen LogP contribution in [0.25, 0.3) is 0 Å². The number of hydrogen-bond acceptors (Lipinski definition) is 15. The average Bonchev–Trinajstić information content (AvgIpc) is 0.792. The highest BCUT2D eigenvalue weighted by Gasteiger charge is 2.35. The zero-order valence-electron chi connectivity index (χ0n) is 95.4. The first-order valence-corrected chi connectivity index (χ1v) is 60.0. The molecule has 7 aliphatic rings. The predicted octanol–water partition coefficient (Wildman–Crippen LogP) is 25.7. The lowest BCUT2D eigenvalue weighted by molar-refractivity contribution is 0.199. The van der Waals surface area contributed by atoms with E-state index in [1.54, 1.807) is 6.07 Å². The fourth-order valence-electron chi connectivity index (χ4n) is 19.6. The molecule has 7 fully saturated rings. The first kappa shape index (κ1) is 126. The van der Waals surface area contributed by atoms with Crippen molar-refractivity contribution < 1.29 is 17.0 Å². The second kappa shape index (κ2) is 67.1. The largest absolute Gasteiger partial charge is 0.369 e. The molecular formula is C123H204BFN11O3S3. The fourth-order valence-corrected chi connectivity index (χ4v) is 24.3. The van der Waals surface area contributed by atoms with Crippen molar-refractivity contribution in [1.82, 2.24) is 34.3 Å². The fraction of sp³-hybridized carbons (Fsp3) is 0.659. The van der Waals surface area contributed by atoms with Crippen LogP contribution in [-0.4, -0.2) is 267 Å². The Labute approximate surface area is 880 Å². The third-order valence-corrected chi connectivity index (χ3v) is 33.3. The molecule has 7 aromatic rings. The van der Waals surface area contributed by atoms with Gasteiger partial charge in [-0.2, -0.15) is 11.8 Å². The molecule has 14 rings (SSSR count). The minimum absolute atomic E-state index is 0. The molecule has 0 aliphatic carbocycles. The maximum Gasteiger partial charge on any atom is 0.159 e. The lowest BCUT2D eigenvalue weighted by Gasteiger charge is -2.41. The number of likely N-dealkylation sites (N-methyl/N-ethyl adjacent to an activating group) is 6. The SMILES string of the molecule is CC.CCC(C)(C)C.CCN1CCN(c2ccc(CC(C)C)cc2)C(C)C1.CCN1CCN(c2ccc(CC(C)C)cc2)CC1.CCN1CCN(c2ccc(CC(C)C)cc2)CC1C.CCN1CCN(c2ccc(CC(C)C)cc2F)CC1.CCN1CCS(=O)(=O)C(c2ccc(CC(C)C)cc2)C1.CCN1CCS(=O)C(c2ccc(CC(C)C)cc2)C1.CCN1CCSC(Cc2cccc(CC(C)C)c2)C1.[B]. The molecule has 6 unspecified atom stereocenters. The second-order valence-electron chi connectivity index (χ2n) is 44.7. The molecule has 7 heterocycles. The van der Waals surface area contributed by atoms with Gasteiger partial charge in [0.25, 0.3) is 0 Å². The summed E-state index contributed by atoms with van der Waals surface area (Å²) >= 11 is 2.16. The van der Waals surface area contributed by atoms with Crippen molar-refractivity contribution in [3.05, 3.63) is 225 Å². The minimum Gasteiger partial charge on any atom is -0.369 e. The number of piperazine rings is 4. The average molecular weight is 2010 g/mol. The molecule has 0 amide bonds. The Kier molecular flexibility index (Phi) is 59.7. The molecule has 14 nitrogen and oxygen atoms in total. The van der Waals surface area contributed by atoms with Crippen LogP contribution in [0.15, 0.2) is 164 Å². The summed E-state index contributed by atoms with van der Waals surface area (Å²) in [6.45, 7) is 93.7. The molecule has 142 heavy (non-hydrogen) atoms. The number of rotatable bonds is 29. The van der Waals surface area contributed by atoms with Gasteiger partial charge in [-0.25, -0.2) is 12.8 Å². The van der Waals surface area contributed by atoms with Gasteiger partial charge >= 0.3 is 0 Å². The summed E-state index contributed by atoms with van der Waals surface area (Å²) in [6.07, 6.45) is 10.4. The minimum atomic E-state index is -3.00. The number of thioether (sulfide) groups is 1. The van der Waals surface area contributed by atoms with Crippen LogP contribution in [0.5, 0.6) is 0 Å². The molecule has 0 spiro atoms. The monoisotopic (exact) mass is 2010 g/mol. The van der Waals surface area contributed by atoms with E-state index in [1.165, 1.54) is 178 Å². The van der Waals surface area contributed by atoms with E-state index < -0.39 is 20.6 Å². The van der Waals surface area contributed by atoms with Crippen LogP contribution in [0, 0.1) is 52.7 Å². The van der Waals surface area contributed by atoms with Gasteiger partial charge in [0.2, 0.25) is 0 Å². The van der Waals surface area contributed by atoms with E-state index >= 15 is 0 Å². The molecule has 797 valence electrons. The molecule has 0 aromatic heterocycles. The number of benzene rings is 7. The van der Waals surface area contributed by atoms with Crippen molar-refractivity contribution >= 4 is 63.6 Å². The summed E-state index contributed by atoms with van der Waals surface area (Å²) in [7, 11) is -3.71. The number of nitrogens with zero attached hydrogens (tertiary/aromatic N) is 11. The van der Waals surface area contributed by atoms with Crippen LogP contribution in [0.1, 0.15) is 273 Å². The summed E-state index contributed by atoms with van der Waals surface area (Å²) in [5.74, 6) is 7.15. The number of sulfone groups is 1. The standard InChI is InChI=1S/2C17H28N2.C17H27NS.C16H25FN2.C16H26N2.C16H25NO2S.C16H25NOS.C6H14.C2H6.B/c1-5-18-10-11-19(13-15(18)4)17-8-6-16(7-9-17)12-14(2)3;1-5-18-10-11-19(15(4)13-18)17-8-6-16(7-9-17)12-14(2)3;1-4-18-8-9-19-17(13-18)12-16-7-5-6-15(11-16)10-14(2)3;1-4-18-7-9-19(10-8-18)16-6-5-14(11-13(2)3)12-15(16)17;1-4-17-9-11-18(12-10-17)16-7-5-15(6-8-16)13-14(2)3;1-4-17-9-10-20(18,19)16(12-17)15-7-5-14(6-8-15)11-13(2)3;1-4-17-9-10-19(18)16(12-17)15-7-5-14(6-8-15)11-13(2)3;1-5-6(2,3)4;1-2;/h2*6-9,14-15H,5,10-13H2,1-4H3;5-7,11,14,17H,4,8-10,12-13H2,1-3H3;5-6,12-13H,4,7-11H2,1-3H3;5-8,14H,4,9-13H2,1-3H3;5-8,13,16H,4,9-12H2,1-3H3;5-8,13,16H,4,9-12H2,1-3H3;5H2,1-4H3;1-2H3;. The number of hydrogen-bond donors (Lipinski definition) is 0. The highest BCUT2D eigenvalue weighted by atomic mass is 32.2. The van der Waals surface area contributed by atoms with Crippen molar-refractivity contribution in [1.29, 1.82) is 0 Å². The van der Waals surface area contributed by atoms with Crippen molar-refractivity contribution in [2.45, 2.75) is 286 Å². The molecule has 7 aromatic carbocycles. The number of halogens is 1. The van der Waals surface area contributed by atoms with Gasteiger partial charge in [-0.3, -0.25) is 14.0 Å². The Morgan fingerprint density at radius 2 is 0.746 bits per heavy atom. The summed E-state index contributed by atoms with van der Waals surface area (Å²) in [4.78, 5) is 27.0. The summed E-state index contributed by atoms with van der Waals surface area (Å²) < 4.78 is 51.0. The Hall–Kier alpha value is -6.10. The van der Waals surface area contributed by atoms with Crippen LogP contribution in [-0.2, 0) is 72.0 Å². The van der Waals surface area contributed by atoms with E-state index in [9.17, 15) is 17.0 Å². The quantitative estimate of drug-likeness (QED) is 0.0417. The first-order chi connectivity index (χ1) is 67.2. The zero-order valence-corrected chi connectivity index (χ0v) is 97.9. The van der Waals surface area contributed by atoms with Gasteiger partial charge < -0.3 is 44.1 Å². The van der Waals surface area contributed by atoms with Crippen LogP contribution in [0.3, 0.4) is 0 Å². The van der Waals surface area contributed by atoms with Gasteiger partial charge in [0, 0.05) is 196 Å². The lowest BCUT2D eigenvalue weighted by Crippen LogP contribution is -2.51. The molecule has 7 aliphatic heterocycles. The third kappa shape index (κ3) is 46.8. The molecule has 0 saturated carbocycles. The van der Waals surface area contributed by atoms with E-state index in [2.05, 4.69) is 392 Å². The van der Waals surface area contributed by atoms with Crippen LogP contribution in [0.4, 0.5) is 27.1 Å². The molecule has 3 radical (unpaired) electrons. The van der Waals surface area contributed by atoms with Crippen molar-refractivity contribution in [3.63, 3.8) is 0 Å².